The summed E-state index contributed by atoms with van der Waals surface area (Å²) in [5.41, 5.74) is 0.506. The molecule has 1 aromatic rings. The molecule has 1 saturated carbocycles. The van der Waals surface area contributed by atoms with Gasteiger partial charge in [-0.1, -0.05) is 12.5 Å². The van der Waals surface area contributed by atoms with Gasteiger partial charge in [-0.25, -0.2) is 9.59 Å². The first-order valence-corrected chi connectivity index (χ1v) is 15.3. The van der Waals surface area contributed by atoms with Crippen molar-refractivity contribution in [3.63, 3.8) is 0 Å². The first-order chi connectivity index (χ1) is 21.5. The molecule has 244 valence electrons. The van der Waals surface area contributed by atoms with Gasteiger partial charge in [0.1, 0.15) is 24.6 Å². The fraction of sp³-hybridized carbons (Fsp3) is 0.688. The lowest BCUT2D eigenvalue weighted by Gasteiger charge is -2.60. The third-order valence-corrected chi connectivity index (χ3v) is 9.00. The van der Waals surface area contributed by atoms with Crippen LogP contribution in [0.5, 0.6) is 11.5 Å². The van der Waals surface area contributed by atoms with Crippen LogP contribution in [0.25, 0.3) is 0 Å². The molecule has 1 aromatic carbocycles. The van der Waals surface area contributed by atoms with E-state index >= 15 is 0 Å². The van der Waals surface area contributed by atoms with Crippen LogP contribution in [0.15, 0.2) is 24.0 Å². The van der Waals surface area contributed by atoms with Crippen molar-refractivity contribution in [3.8, 4) is 11.5 Å². The molecule has 12 heteroatoms. The summed E-state index contributed by atoms with van der Waals surface area (Å²) in [7, 11) is 4.81. The second kappa shape index (κ2) is 15.0. The highest BCUT2D eigenvalue weighted by atomic mass is 16.6. The summed E-state index contributed by atoms with van der Waals surface area (Å²) in [6.07, 6.45) is 4.82. The van der Waals surface area contributed by atoms with Crippen molar-refractivity contribution in [2.24, 2.45) is 5.92 Å². The van der Waals surface area contributed by atoms with E-state index in [1.54, 1.807) is 21.3 Å². The van der Waals surface area contributed by atoms with Gasteiger partial charge in [0.05, 0.1) is 65.4 Å². The van der Waals surface area contributed by atoms with Gasteiger partial charge < -0.3 is 47.4 Å². The fourth-order valence-corrected chi connectivity index (χ4v) is 7.30. The van der Waals surface area contributed by atoms with E-state index in [-0.39, 0.29) is 32.3 Å². The standard InChI is InChI=1S/C32H44O12/c1-35-11-13-38-15-17-40-20-26(33)42-25-8-10-32(44-27(34)21-41-18-16-39-14-12-36-2)23-5-4-9-31(32)28-22(19-23)6-7-24(37-3)29(28)43-30(25)31/h6-8,23,30H,4-5,9-21H2,1-3H3/t23-,30+,31+,32?/m1/s1. The van der Waals surface area contributed by atoms with E-state index in [1.807, 2.05) is 12.1 Å². The van der Waals surface area contributed by atoms with Gasteiger partial charge in [0.2, 0.25) is 0 Å². The Morgan fingerprint density at radius 3 is 2.20 bits per heavy atom. The van der Waals surface area contributed by atoms with Crippen LogP contribution >= 0.6 is 0 Å². The summed E-state index contributed by atoms with van der Waals surface area (Å²) in [6, 6.07) is 3.99. The Labute approximate surface area is 258 Å². The Morgan fingerprint density at radius 2 is 1.52 bits per heavy atom. The molecule has 1 fully saturated rings. The summed E-state index contributed by atoms with van der Waals surface area (Å²) in [5.74, 6) is 0.694. The van der Waals surface area contributed by atoms with Gasteiger partial charge >= 0.3 is 11.9 Å². The molecule has 1 aliphatic heterocycles. The van der Waals surface area contributed by atoms with Crippen LogP contribution < -0.4 is 9.47 Å². The molecule has 3 aliphatic carbocycles. The van der Waals surface area contributed by atoms with Crippen molar-refractivity contribution in [3.05, 3.63) is 35.1 Å². The highest BCUT2D eigenvalue weighted by Gasteiger charge is 2.73. The molecule has 2 bridgehead atoms. The van der Waals surface area contributed by atoms with E-state index in [0.717, 1.165) is 30.4 Å². The molecule has 1 heterocycles. The second-order valence-corrected chi connectivity index (χ2v) is 11.4. The molecule has 4 atom stereocenters. The molecule has 0 N–H and O–H groups in total. The highest BCUT2D eigenvalue weighted by molar-refractivity contribution is 5.74. The zero-order valence-electron chi connectivity index (χ0n) is 25.9. The number of hydrogen-bond acceptors (Lipinski definition) is 12. The Morgan fingerprint density at radius 1 is 0.864 bits per heavy atom. The van der Waals surface area contributed by atoms with Gasteiger partial charge in [0.15, 0.2) is 17.6 Å². The van der Waals surface area contributed by atoms with Gasteiger partial charge in [-0.05, 0) is 37.0 Å². The molecule has 1 spiro atoms. The predicted molar refractivity (Wildman–Crippen MR) is 155 cm³/mol. The van der Waals surface area contributed by atoms with E-state index in [9.17, 15) is 9.59 Å². The smallest absolute Gasteiger partial charge is 0.337 e. The maximum atomic E-state index is 13.4. The number of methoxy groups -OCH3 is 3. The van der Waals surface area contributed by atoms with Crippen molar-refractivity contribution in [1.29, 1.82) is 0 Å². The van der Waals surface area contributed by atoms with E-state index in [4.69, 9.17) is 47.4 Å². The van der Waals surface area contributed by atoms with Crippen molar-refractivity contribution in [2.45, 2.75) is 49.2 Å². The van der Waals surface area contributed by atoms with Crippen LogP contribution in [0.2, 0.25) is 0 Å². The van der Waals surface area contributed by atoms with Crippen LogP contribution in [-0.4, -0.2) is 111 Å². The van der Waals surface area contributed by atoms with Crippen LogP contribution in [0.1, 0.15) is 36.8 Å². The summed E-state index contributed by atoms with van der Waals surface area (Å²) < 4.78 is 56.6. The molecule has 4 aliphatic rings. The molecule has 0 amide bonds. The second-order valence-electron chi connectivity index (χ2n) is 11.4. The molecule has 12 nitrogen and oxygen atoms in total. The van der Waals surface area contributed by atoms with Crippen molar-refractivity contribution < 1.29 is 57.0 Å². The van der Waals surface area contributed by atoms with Crippen LogP contribution in [0.3, 0.4) is 0 Å². The number of benzene rings is 1. The largest absolute Gasteiger partial charge is 0.493 e. The number of rotatable bonds is 19. The molecule has 5 rings (SSSR count). The van der Waals surface area contributed by atoms with E-state index in [2.05, 4.69) is 6.07 Å². The molecule has 0 aromatic heterocycles. The molecular weight excluding hydrogens is 576 g/mol. The third-order valence-electron chi connectivity index (χ3n) is 9.00. The van der Waals surface area contributed by atoms with E-state index in [0.29, 0.717) is 69.7 Å². The maximum Gasteiger partial charge on any atom is 0.337 e. The van der Waals surface area contributed by atoms with Crippen molar-refractivity contribution in [1.82, 2.24) is 0 Å². The minimum atomic E-state index is -0.887. The zero-order chi connectivity index (χ0) is 31.0. The first kappa shape index (κ1) is 32.6. The van der Waals surface area contributed by atoms with Crippen LogP contribution in [-0.2, 0) is 59.3 Å². The SMILES string of the molecule is COCCOCCOCC(=O)OC1=CCC2(OC(=O)COCCOCCOC)[C@@H]3CCC[C@@]24c2c(ccc(OC)c2O[C@@H]14)C3. The number of ether oxygens (including phenoxy) is 10. The summed E-state index contributed by atoms with van der Waals surface area (Å²) >= 11 is 0. The fourth-order valence-electron chi connectivity index (χ4n) is 7.30. The average Bonchev–Trinajstić information content (AvgIpc) is 3.36. The predicted octanol–water partition coefficient (Wildman–Crippen LogP) is 2.52. The quantitative estimate of drug-likeness (QED) is 0.167. The third kappa shape index (κ3) is 6.33. The highest BCUT2D eigenvalue weighted by Crippen LogP contribution is 2.68. The lowest BCUT2D eigenvalue weighted by atomic mass is 9.46. The van der Waals surface area contributed by atoms with Gasteiger partial charge in [-0.3, -0.25) is 0 Å². The van der Waals surface area contributed by atoms with Gasteiger partial charge in [-0.15, -0.1) is 0 Å². The normalized spacial score (nSPS) is 25.9. The Hall–Kier alpha value is -2.74. The van der Waals surface area contributed by atoms with E-state index in [1.165, 1.54) is 0 Å². The number of esters is 2. The number of carbonyl (C=O) groups excluding carboxylic acids is 2. The first-order valence-electron chi connectivity index (χ1n) is 15.3. The zero-order valence-corrected chi connectivity index (χ0v) is 25.9. The lowest BCUT2D eigenvalue weighted by Crippen LogP contribution is -2.69. The van der Waals surface area contributed by atoms with Crippen molar-refractivity contribution >= 4 is 11.9 Å². The number of carbonyl (C=O) groups is 2. The molecule has 0 radical (unpaired) electrons. The summed E-state index contributed by atoms with van der Waals surface area (Å²) in [4.78, 5) is 26.3. The minimum Gasteiger partial charge on any atom is -0.493 e. The van der Waals surface area contributed by atoms with Crippen molar-refractivity contribution in [2.75, 3.05) is 87.4 Å². The Bertz CT molecular complexity index is 1180. The lowest BCUT2D eigenvalue weighted by molar-refractivity contribution is -0.205. The van der Waals surface area contributed by atoms with Crippen LogP contribution in [0, 0.1) is 5.92 Å². The monoisotopic (exact) mass is 620 g/mol. The van der Waals surface area contributed by atoms with E-state index < -0.39 is 29.1 Å². The van der Waals surface area contributed by atoms with Gasteiger partial charge in [0.25, 0.3) is 0 Å². The average molecular weight is 621 g/mol. The Balaban J connectivity index is 1.33. The molecular formula is C32H44O12. The van der Waals surface area contributed by atoms with Gasteiger partial charge in [-0.2, -0.15) is 0 Å². The molecule has 0 saturated heterocycles. The van der Waals surface area contributed by atoms with Gasteiger partial charge in [0, 0.05) is 32.1 Å². The summed E-state index contributed by atoms with van der Waals surface area (Å²) in [5, 5.41) is 0. The van der Waals surface area contributed by atoms with Crippen LogP contribution in [0.4, 0.5) is 0 Å². The number of hydrogen-bond donors (Lipinski definition) is 0. The topological polar surface area (TPSA) is 126 Å². The minimum absolute atomic E-state index is 0.0606. The Kier molecular flexibility index (Phi) is 11.2. The molecule has 1 unspecified atom stereocenters. The molecule has 44 heavy (non-hydrogen) atoms. The summed E-state index contributed by atoms with van der Waals surface area (Å²) in [6.45, 7) is 2.66. The maximum absolute atomic E-state index is 13.4.